The SMILES string of the molecule is CCC(NC(=O)N1CC(=O)N(C)CC(Sc2ccccc2OC)C1=O)c1ccc(C(=O)O)c(N)c1. The fourth-order valence-electron chi connectivity index (χ4n) is 3.71. The van der Waals surface area contributed by atoms with Gasteiger partial charge in [0.25, 0.3) is 0 Å². The zero-order chi connectivity index (χ0) is 25.7. The molecule has 1 heterocycles. The summed E-state index contributed by atoms with van der Waals surface area (Å²) in [5.74, 6) is -1.41. The van der Waals surface area contributed by atoms with Crippen molar-refractivity contribution in [2.75, 3.05) is 33.0 Å². The Hall–Kier alpha value is -3.73. The number of imide groups is 1. The van der Waals surface area contributed by atoms with Crippen LogP contribution in [0.1, 0.15) is 35.3 Å². The summed E-state index contributed by atoms with van der Waals surface area (Å²) < 4.78 is 5.37. The van der Waals surface area contributed by atoms with Crippen molar-refractivity contribution in [2.24, 2.45) is 0 Å². The predicted octanol–water partition coefficient (Wildman–Crippen LogP) is 2.60. The molecule has 1 aliphatic rings. The number of hydrogen-bond donors (Lipinski definition) is 3. The number of nitrogens with zero attached hydrogens (tertiary/aromatic N) is 2. The number of nitrogen functional groups attached to an aromatic ring is 1. The van der Waals surface area contributed by atoms with Gasteiger partial charge in [-0.2, -0.15) is 0 Å². The zero-order valence-corrected chi connectivity index (χ0v) is 20.5. The van der Waals surface area contributed by atoms with Crippen molar-refractivity contribution in [1.82, 2.24) is 15.1 Å². The molecule has 4 N–H and O–H groups in total. The molecule has 0 bridgehead atoms. The van der Waals surface area contributed by atoms with Crippen molar-refractivity contribution in [3.05, 3.63) is 53.6 Å². The molecule has 3 rings (SSSR count). The van der Waals surface area contributed by atoms with E-state index < -0.39 is 29.2 Å². The maximum atomic E-state index is 13.4. The van der Waals surface area contributed by atoms with Crippen LogP contribution in [0.3, 0.4) is 0 Å². The Morgan fingerprint density at radius 3 is 2.60 bits per heavy atom. The van der Waals surface area contributed by atoms with E-state index >= 15 is 0 Å². The second-order valence-corrected chi connectivity index (χ2v) is 9.26. The highest BCUT2D eigenvalue weighted by Crippen LogP contribution is 2.34. The molecule has 1 aliphatic heterocycles. The van der Waals surface area contributed by atoms with E-state index in [2.05, 4.69) is 5.32 Å². The van der Waals surface area contributed by atoms with Crippen LogP contribution in [0.15, 0.2) is 47.4 Å². The van der Waals surface area contributed by atoms with Crippen LogP contribution >= 0.6 is 11.8 Å². The van der Waals surface area contributed by atoms with Crippen LogP contribution in [0.4, 0.5) is 10.5 Å². The van der Waals surface area contributed by atoms with Crippen LogP contribution in [0.25, 0.3) is 0 Å². The van der Waals surface area contributed by atoms with Gasteiger partial charge >= 0.3 is 12.0 Å². The lowest BCUT2D eigenvalue weighted by atomic mass is 10.0. The van der Waals surface area contributed by atoms with Crippen molar-refractivity contribution >= 4 is 41.3 Å². The molecule has 1 saturated heterocycles. The molecule has 2 unspecified atom stereocenters. The lowest BCUT2D eigenvalue weighted by molar-refractivity contribution is -0.133. The molecule has 2 aromatic rings. The van der Waals surface area contributed by atoms with Crippen LogP contribution in [0, 0.1) is 0 Å². The van der Waals surface area contributed by atoms with Crippen molar-refractivity contribution < 1.29 is 29.0 Å². The molecule has 2 atom stereocenters. The lowest BCUT2D eigenvalue weighted by Gasteiger charge is -2.25. The largest absolute Gasteiger partial charge is 0.496 e. The van der Waals surface area contributed by atoms with E-state index in [0.29, 0.717) is 17.7 Å². The fraction of sp³-hybridized carbons (Fsp3) is 0.333. The summed E-state index contributed by atoms with van der Waals surface area (Å²) in [5, 5.41) is 11.3. The van der Waals surface area contributed by atoms with E-state index in [1.54, 1.807) is 19.2 Å². The Labute approximate surface area is 207 Å². The summed E-state index contributed by atoms with van der Waals surface area (Å²) in [4.78, 5) is 53.5. The minimum atomic E-state index is -1.15. The van der Waals surface area contributed by atoms with E-state index in [1.807, 2.05) is 25.1 Å². The Kier molecular flexibility index (Phi) is 8.23. The number of rotatable bonds is 7. The highest BCUT2D eigenvalue weighted by atomic mass is 32.2. The van der Waals surface area contributed by atoms with Gasteiger partial charge in [0.2, 0.25) is 11.8 Å². The minimum absolute atomic E-state index is 0.0394. The van der Waals surface area contributed by atoms with Gasteiger partial charge < -0.3 is 25.8 Å². The van der Waals surface area contributed by atoms with Crippen LogP contribution < -0.4 is 15.8 Å². The van der Waals surface area contributed by atoms with Gasteiger partial charge in [-0.3, -0.25) is 14.5 Å². The Bertz CT molecular complexity index is 1140. The summed E-state index contributed by atoms with van der Waals surface area (Å²) in [5.41, 5.74) is 6.48. The number of carbonyl (C=O) groups excluding carboxylic acids is 3. The average Bonchev–Trinajstić information content (AvgIpc) is 2.94. The summed E-state index contributed by atoms with van der Waals surface area (Å²) in [7, 11) is 3.12. The van der Waals surface area contributed by atoms with E-state index in [1.165, 1.54) is 35.9 Å². The van der Waals surface area contributed by atoms with Crippen LogP contribution in [0.2, 0.25) is 0 Å². The van der Waals surface area contributed by atoms with E-state index in [4.69, 9.17) is 10.5 Å². The highest BCUT2D eigenvalue weighted by molar-refractivity contribution is 8.00. The molecule has 1 fully saturated rings. The molecule has 11 heteroatoms. The third kappa shape index (κ3) is 5.86. The van der Waals surface area contributed by atoms with Gasteiger partial charge in [0, 0.05) is 19.3 Å². The fourth-order valence-corrected chi connectivity index (χ4v) is 4.96. The third-order valence-electron chi connectivity index (χ3n) is 5.70. The van der Waals surface area contributed by atoms with Gasteiger partial charge in [0.1, 0.15) is 17.5 Å². The summed E-state index contributed by atoms with van der Waals surface area (Å²) in [6.07, 6.45) is 0.451. The first-order valence-corrected chi connectivity index (χ1v) is 11.8. The number of carboxylic acid groups (broad SMARTS) is 1. The summed E-state index contributed by atoms with van der Waals surface area (Å²) in [6, 6.07) is 10.4. The first-order valence-electron chi connectivity index (χ1n) is 10.9. The Morgan fingerprint density at radius 2 is 1.97 bits per heavy atom. The summed E-state index contributed by atoms with van der Waals surface area (Å²) in [6.45, 7) is 1.57. The van der Waals surface area contributed by atoms with Crippen LogP contribution in [-0.2, 0) is 9.59 Å². The quantitative estimate of drug-likeness (QED) is 0.493. The van der Waals surface area contributed by atoms with Gasteiger partial charge in [-0.15, -0.1) is 11.8 Å². The number of carboxylic acids is 1. The molecule has 0 spiro atoms. The van der Waals surface area contributed by atoms with Gasteiger partial charge in [0.05, 0.1) is 23.6 Å². The minimum Gasteiger partial charge on any atom is -0.496 e. The number of ether oxygens (including phenoxy) is 1. The van der Waals surface area contributed by atoms with Crippen molar-refractivity contribution in [3.8, 4) is 5.75 Å². The van der Waals surface area contributed by atoms with Gasteiger partial charge in [-0.25, -0.2) is 9.59 Å². The molecule has 0 aliphatic carbocycles. The number of anilines is 1. The number of carbonyl (C=O) groups is 4. The standard InChI is InChI=1S/C24H28N4O6S/c1-4-17(14-9-10-15(23(31)32)16(25)11-14)26-24(33)28-13-21(29)27(2)12-20(22(28)30)35-19-8-6-5-7-18(19)34-3/h5-11,17,20H,4,12-13,25H2,1-3H3,(H,26,33)(H,31,32). The number of nitrogens with two attached hydrogens (primary N) is 1. The maximum absolute atomic E-state index is 13.4. The molecular formula is C24H28N4O6S. The number of nitrogens with one attached hydrogen (secondary N) is 1. The molecule has 35 heavy (non-hydrogen) atoms. The Morgan fingerprint density at radius 1 is 1.26 bits per heavy atom. The number of amides is 4. The van der Waals surface area contributed by atoms with E-state index in [-0.39, 0.29) is 30.2 Å². The maximum Gasteiger partial charge on any atom is 0.337 e. The monoisotopic (exact) mass is 500 g/mol. The lowest BCUT2D eigenvalue weighted by Crippen LogP contribution is -2.49. The highest BCUT2D eigenvalue weighted by Gasteiger charge is 2.37. The number of thioether (sulfide) groups is 1. The van der Waals surface area contributed by atoms with Crippen molar-refractivity contribution in [3.63, 3.8) is 0 Å². The van der Waals surface area contributed by atoms with Gasteiger partial charge in [-0.1, -0.05) is 25.1 Å². The van der Waals surface area contributed by atoms with Crippen LogP contribution in [0.5, 0.6) is 5.75 Å². The van der Waals surface area contributed by atoms with Gasteiger partial charge in [0.15, 0.2) is 0 Å². The molecule has 2 aromatic carbocycles. The first-order chi connectivity index (χ1) is 16.7. The number of para-hydroxylation sites is 1. The number of likely N-dealkylation sites (N-methyl/N-ethyl adjacent to an activating group) is 1. The number of benzene rings is 2. The summed E-state index contributed by atoms with van der Waals surface area (Å²) >= 11 is 1.23. The predicted molar refractivity (Wildman–Crippen MR) is 131 cm³/mol. The molecule has 4 amide bonds. The van der Waals surface area contributed by atoms with Crippen LogP contribution in [-0.4, -0.2) is 71.2 Å². The third-order valence-corrected chi connectivity index (χ3v) is 6.92. The second kappa shape index (κ2) is 11.1. The molecular weight excluding hydrogens is 472 g/mol. The molecule has 0 aromatic heterocycles. The van der Waals surface area contributed by atoms with E-state index in [9.17, 15) is 24.3 Å². The number of methoxy groups -OCH3 is 1. The molecule has 10 nitrogen and oxygen atoms in total. The average molecular weight is 501 g/mol. The Balaban J connectivity index is 1.83. The molecule has 0 saturated carbocycles. The molecule has 186 valence electrons. The smallest absolute Gasteiger partial charge is 0.337 e. The number of hydrogen-bond acceptors (Lipinski definition) is 7. The number of aromatic carboxylic acids is 1. The first kappa shape index (κ1) is 25.9. The van der Waals surface area contributed by atoms with Crippen molar-refractivity contribution in [1.29, 1.82) is 0 Å². The van der Waals surface area contributed by atoms with Crippen molar-refractivity contribution in [2.45, 2.75) is 29.5 Å². The van der Waals surface area contributed by atoms with Gasteiger partial charge in [-0.05, 0) is 36.2 Å². The topological polar surface area (TPSA) is 142 Å². The second-order valence-electron chi connectivity index (χ2n) is 8.02. The molecule has 0 radical (unpaired) electrons. The number of urea groups is 1. The zero-order valence-electron chi connectivity index (χ0n) is 19.7. The van der Waals surface area contributed by atoms with E-state index in [0.717, 1.165) is 9.80 Å². The normalized spacial score (nSPS) is 17.1.